The van der Waals surface area contributed by atoms with Crippen LogP contribution in [0.5, 0.6) is 0 Å². The summed E-state index contributed by atoms with van der Waals surface area (Å²) in [7, 11) is 1.94. The quantitative estimate of drug-likeness (QED) is 0.875. The van der Waals surface area contributed by atoms with Crippen molar-refractivity contribution in [1.82, 2.24) is 15.4 Å². The maximum absolute atomic E-state index is 12.3. The third-order valence-corrected chi connectivity index (χ3v) is 3.91. The van der Waals surface area contributed by atoms with E-state index in [2.05, 4.69) is 10.5 Å². The van der Waals surface area contributed by atoms with Crippen molar-refractivity contribution in [2.45, 2.75) is 45.6 Å². The van der Waals surface area contributed by atoms with Crippen LogP contribution >= 0.6 is 0 Å². The number of aryl methyl sites for hydroxylation is 2. The van der Waals surface area contributed by atoms with Gasteiger partial charge in [-0.15, -0.1) is 0 Å². The Hall–Kier alpha value is -1.36. The molecule has 0 radical (unpaired) electrons. The lowest BCUT2D eigenvalue weighted by molar-refractivity contribution is -0.131. The van der Waals surface area contributed by atoms with Gasteiger partial charge >= 0.3 is 0 Å². The Kier molecular flexibility index (Phi) is 4.58. The van der Waals surface area contributed by atoms with Crippen LogP contribution in [0.4, 0.5) is 0 Å². The third-order valence-electron chi connectivity index (χ3n) is 3.91. The predicted octanol–water partition coefficient (Wildman–Crippen LogP) is 1.43. The van der Waals surface area contributed by atoms with E-state index >= 15 is 0 Å². The largest absolute Gasteiger partial charge is 0.361 e. The zero-order valence-electron chi connectivity index (χ0n) is 12.0. The fraction of sp³-hybridized carbons (Fsp3) is 0.714. The minimum atomic E-state index is 0.248. The summed E-state index contributed by atoms with van der Waals surface area (Å²) in [5.74, 6) is 1.08. The number of aromatic nitrogens is 1. The highest BCUT2D eigenvalue weighted by Crippen LogP contribution is 2.20. The molecular formula is C14H23N3O2. The molecule has 0 aromatic carbocycles. The third kappa shape index (κ3) is 3.15. The number of likely N-dealkylation sites (tertiary alicyclic amines) is 1. The van der Waals surface area contributed by atoms with Gasteiger partial charge in [-0.1, -0.05) is 5.16 Å². The number of hydrogen-bond acceptors (Lipinski definition) is 4. The van der Waals surface area contributed by atoms with E-state index in [-0.39, 0.29) is 5.91 Å². The molecule has 0 bridgehead atoms. The van der Waals surface area contributed by atoms with E-state index in [0.29, 0.717) is 12.5 Å². The van der Waals surface area contributed by atoms with Gasteiger partial charge < -0.3 is 14.7 Å². The molecule has 1 atom stereocenters. The van der Waals surface area contributed by atoms with Crippen LogP contribution in [-0.4, -0.2) is 42.1 Å². The lowest BCUT2D eigenvalue weighted by Crippen LogP contribution is -2.40. The van der Waals surface area contributed by atoms with E-state index in [4.69, 9.17) is 4.52 Å². The van der Waals surface area contributed by atoms with E-state index in [0.717, 1.165) is 49.4 Å². The molecule has 1 unspecified atom stereocenters. The molecule has 2 rings (SSSR count). The first-order valence-electron chi connectivity index (χ1n) is 6.99. The van der Waals surface area contributed by atoms with Crippen molar-refractivity contribution >= 4 is 5.91 Å². The number of rotatable bonds is 5. The normalized spacial score (nSPS) is 19.1. The van der Waals surface area contributed by atoms with Gasteiger partial charge in [0, 0.05) is 31.1 Å². The smallest absolute Gasteiger partial charge is 0.223 e. The van der Waals surface area contributed by atoms with Crippen LogP contribution in [0, 0.1) is 13.8 Å². The zero-order valence-corrected chi connectivity index (χ0v) is 12.0. The Morgan fingerprint density at radius 2 is 2.32 bits per heavy atom. The second-order valence-corrected chi connectivity index (χ2v) is 5.24. The molecule has 1 aromatic rings. The number of nitrogens with one attached hydrogen (secondary N) is 1. The molecule has 1 aliphatic heterocycles. The van der Waals surface area contributed by atoms with Gasteiger partial charge in [0.25, 0.3) is 0 Å². The number of hydrogen-bond donors (Lipinski definition) is 1. The highest BCUT2D eigenvalue weighted by atomic mass is 16.5. The van der Waals surface area contributed by atoms with Gasteiger partial charge in [-0.05, 0) is 40.2 Å². The van der Waals surface area contributed by atoms with Crippen molar-refractivity contribution in [2.24, 2.45) is 0 Å². The van der Waals surface area contributed by atoms with Crippen LogP contribution in [0.15, 0.2) is 4.52 Å². The number of carbonyl (C=O) groups excluding carboxylic acids is 1. The van der Waals surface area contributed by atoms with E-state index in [9.17, 15) is 4.79 Å². The molecule has 5 heteroatoms. The summed E-state index contributed by atoms with van der Waals surface area (Å²) in [5, 5.41) is 7.09. The molecule has 0 spiro atoms. The van der Waals surface area contributed by atoms with Gasteiger partial charge in [-0.3, -0.25) is 4.79 Å². The summed E-state index contributed by atoms with van der Waals surface area (Å²) in [6.07, 6.45) is 3.49. The first kappa shape index (κ1) is 14.1. The monoisotopic (exact) mass is 265 g/mol. The minimum Gasteiger partial charge on any atom is -0.361 e. The van der Waals surface area contributed by atoms with Crippen molar-refractivity contribution in [3.05, 3.63) is 17.0 Å². The summed E-state index contributed by atoms with van der Waals surface area (Å²) in [5.41, 5.74) is 1.98. The van der Waals surface area contributed by atoms with Crippen molar-refractivity contribution in [2.75, 3.05) is 20.1 Å². The van der Waals surface area contributed by atoms with E-state index in [1.165, 1.54) is 0 Å². The lowest BCUT2D eigenvalue weighted by atomic mass is 10.1. The standard InChI is InChI=1S/C14H23N3O2/c1-10-13(11(2)19-16-10)6-7-14(18)17-8-4-5-12(17)9-15-3/h12,15H,4-9H2,1-3H3. The molecule has 0 aliphatic carbocycles. The molecule has 0 saturated carbocycles. The van der Waals surface area contributed by atoms with E-state index < -0.39 is 0 Å². The summed E-state index contributed by atoms with van der Waals surface area (Å²) in [6, 6.07) is 0.363. The van der Waals surface area contributed by atoms with Crippen molar-refractivity contribution in [3.63, 3.8) is 0 Å². The number of nitrogens with zero attached hydrogens (tertiary/aromatic N) is 2. The molecule has 19 heavy (non-hydrogen) atoms. The summed E-state index contributed by atoms with van der Waals surface area (Å²) in [4.78, 5) is 14.3. The van der Waals surface area contributed by atoms with Crippen LogP contribution in [-0.2, 0) is 11.2 Å². The fourth-order valence-electron chi connectivity index (χ4n) is 2.85. The first-order chi connectivity index (χ1) is 9.13. The first-order valence-corrected chi connectivity index (χ1v) is 6.99. The second-order valence-electron chi connectivity index (χ2n) is 5.24. The molecule has 5 nitrogen and oxygen atoms in total. The molecule has 1 fully saturated rings. The number of likely N-dealkylation sites (N-methyl/N-ethyl adjacent to an activating group) is 1. The predicted molar refractivity (Wildman–Crippen MR) is 73.0 cm³/mol. The molecule has 1 saturated heterocycles. The maximum atomic E-state index is 12.3. The van der Waals surface area contributed by atoms with Crippen LogP contribution < -0.4 is 5.32 Å². The van der Waals surface area contributed by atoms with Crippen LogP contribution in [0.1, 0.15) is 36.3 Å². The van der Waals surface area contributed by atoms with Gasteiger partial charge in [0.2, 0.25) is 5.91 Å². The fourth-order valence-corrected chi connectivity index (χ4v) is 2.85. The summed E-state index contributed by atoms with van der Waals surface area (Å²) < 4.78 is 5.13. The highest BCUT2D eigenvalue weighted by molar-refractivity contribution is 5.77. The van der Waals surface area contributed by atoms with Crippen LogP contribution in [0.2, 0.25) is 0 Å². The van der Waals surface area contributed by atoms with Crippen molar-refractivity contribution < 1.29 is 9.32 Å². The van der Waals surface area contributed by atoms with Gasteiger partial charge in [0.05, 0.1) is 5.69 Å². The molecule has 1 aliphatic rings. The van der Waals surface area contributed by atoms with Gasteiger partial charge in [-0.2, -0.15) is 0 Å². The van der Waals surface area contributed by atoms with Crippen LogP contribution in [0.3, 0.4) is 0 Å². The maximum Gasteiger partial charge on any atom is 0.223 e. The van der Waals surface area contributed by atoms with Crippen LogP contribution in [0.25, 0.3) is 0 Å². The average molecular weight is 265 g/mol. The summed E-state index contributed by atoms with van der Waals surface area (Å²) >= 11 is 0. The van der Waals surface area contributed by atoms with E-state index in [1.54, 1.807) is 0 Å². The molecule has 1 amide bonds. The Morgan fingerprint density at radius 1 is 1.53 bits per heavy atom. The topological polar surface area (TPSA) is 58.4 Å². The van der Waals surface area contributed by atoms with E-state index in [1.807, 2.05) is 25.8 Å². The Morgan fingerprint density at radius 3 is 2.95 bits per heavy atom. The lowest BCUT2D eigenvalue weighted by Gasteiger charge is -2.24. The number of carbonyl (C=O) groups is 1. The van der Waals surface area contributed by atoms with Crippen molar-refractivity contribution in [1.29, 1.82) is 0 Å². The van der Waals surface area contributed by atoms with Gasteiger partial charge in [0.1, 0.15) is 5.76 Å². The SMILES string of the molecule is CNCC1CCCN1C(=O)CCc1c(C)noc1C. The molecule has 2 heterocycles. The Bertz CT molecular complexity index is 422. The molecule has 106 valence electrons. The second kappa shape index (κ2) is 6.19. The minimum absolute atomic E-state index is 0.248. The average Bonchev–Trinajstić information content (AvgIpc) is 2.96. The number of amides is 1. The zero-order chi connectivity index (χ0) is 13.8. The highest BCUT2D eigenvalue weighted by Gasteiger charge is 2.27. The Labute approximate surface area is 114 Å². The Balaban J connectivity index is 1.91. The van der Waals surface area contributed by atoms with Crippen molar-refractivity contribution in [3.8, 4) is 0 Å². The summed E-state index contributed by atoms with van der Waals surface area (Å²) in [6.45, 7) is 5.61. The molecule has 1 aromatic heterocycles. The molecular weight excluding hydrogens is 242 g/mol. The van der Waals surface area contributed by atoms with Gasteiger partial charge in [0.15, 0.2) is 0 Å². The van der Waals surface area contributed by atoms with Gasteiger partial charge in [-0.25, -0.2) is 0 Å². The molecule has 1 N–H and O–H groups in total.